The normalized spacial score (nSPS) is 10.6. The lowest BCUT2D eigenvalue weighted by Gasteiger charge is -2.03. The molecule has 0 radical (unpaired) electrons. The van der Waals surface area contributed by atoms with Crippen LogP contribution in [0.1, 0.15) is 115 Å². The third-order valence-electron chi connectivity index (χ3n) is 5.01. The summed E-state index contributed by atoms with van der Waals surface area (Å²) in [6.45, 7) is 2.29. The SMILES string of the molecule is CCCCCCCCCCCCCCCCCCc1ccccn1.Cl. The van der Waals surface area contributed by atoms with Gasteiger partial charge in [0.05, 0.1) is 0 Å². The Balaban J connectivity index is 0.00000576. The van der Waals surface area contributed by atoms with Crippen molar-refractivity contribution in [2.24, 2.45) is 0 Å². The van der Waals surface area contributed by atoms with Crippen molar-refractivity contribution in [1.82, 2.24) is 4.98 Å². The van der Waals surface area contributed by atoms with Gasteiger partial charge < -0.3 is 0 Å². The minimum absolute atomic E-state index is 0. The number of hydrogen-bond acceptors (Lipinski definition) is 1. The molecule has 146 valence electrons. The molecule has 1 heterocycles. The Bertz CT molecular complexity index is 352. The maximum Gasteiger partial charge on any atom is 0.0403 e. The highest BCUT2D eigenvalue weighted by Crippen LogP contribution is 2.14. The molecule has 0 aliphatic carbocycles. The van der Waals surface area contributed by atoms with E-state index in [2.05, 4.69) is 24.0 Å². The van der Waals surface area contributed by atoms with Crippen LogP contribution in [0.2, 0.25) is 0 Å². The molecule has 0 saturated heterocycles. The lowest BCUT2D eigenvalue weighted by atomic mass is 10.0. The van der Waals surface area contributed by atoms with Gasteiger partial charge in [0.1, 0.15) is 0 Å². The van der Waals surface area contributed by atoms with Gasteiger partial charge in [-0.05, 0) is 25.0 Å². The summed E-state index contributed by atoms with van der Waals surface area (Å²) < 4.78 is 0. The fourth-order valence-corrected chi connectivity index (χ4v) is 3.40. The molecule has 0 aliphatic heterocycles. The summed E-state index contributed by atoms with van der Waals surface area (Å²) in [5, 5.41) is 0. The third-order valence-corrected chi connectivity index (χ3v) is 5.01. The number of unbranched alkanes of at least 4 members (excludes halogenated alkanes) is 15. The van der Waals surface area contributed by atoms with Gasteiger partial charge in [0, 0.05) is 11.9 Å². The van der Waals surface area contributed by atoms with Crippen molar-refractivity contribution in [3.63, 3.8) is 0 Å². The molecular formula is C23H42ClN. The molecule has 0 bridgehead atoms. The smallest absolute Gasteiger partial charge is 0.0403 e. The summed E-state index contributed by atoms with van der Waals surface area (Å²) >= 11 is 0. The Kier molecular flexibility index (Phi) is 19.3. The van der Waals surface area contributed by atoms with Crippen molar-refractivity contribution < 1.29 is 0 Å². The average molecular weight is 368 g/mol. The largest absolute Gasteiger partial charge is 0.261 e. The van der Waals surface area contributed by atoms with E-state index in [0.29, 0.717) is 0 Å². The van der Waals surface area contributed by atoms with Crippen LogP contribution in [-0.4, -0.2) is 4.98 Å². The minimum Gasteiger partial charge on any atom is -0.261 e. The zero-order valence-corrected chi connectivity index (χ0v) is 17.5. The van der Waals surface area contributed by atoms with Crippen molar-refractivity contribution in [2.75, 3.05) is 0 Å². The second kappa shape index (κ2) is 19.8. The maximum absolute atomic E-state index is 4.39. The van der Waals surface area contributed by atoms with Crippen LogP contribution >= 0.6 is 12.4 Å². The van der Waals surface area contributed by atoms with Crippen LogP contribution in [0.4, 0.5) is 0 Å². The van der Waals surface area contributed by atoms with Crippen molar-refractivity contribution in [3.05, 3.63) is 30.1 Å². The highest BCUT2D eigenvalue weighted by Gasteiger charge is 1.96. The van der Waals surface area contributed by atoms with Crippen molar-refractivity contribution in [1.29, 1.82) is 0 Å². The standard InChI is InChI=1S/C23H41N.ClH/c1-2-3-4-5-6-7-8-9-10-11-12-13-14-15-16-17-20-23-21-18-19-22-24-23;/h18-19,21-22H,2-17,20H2,1H3;1H. The summed E-state index contributed by atoms with van der Waals surface area (Å²) in [4.78, 5) is 4.39. The Labute approximate surface area is 163 Å². The molecule has 0 saturated carbocycles. The van der Waals surface area contributed by atoms with E-state index in [1.165, 1.54) is 108 Å². The number of aryl methyl sites for hydroxylation is 1. The van der Waals surface area contributed by atoms with Gasteiger partial charge in [0.25, 0.3) is 0 Å². The first-order valence-corrected chi connectivity index (χ1v) is 10.8. The lowest BCUT2D eigenvalue weighted by Crippen LogP contribution is -1.89. The van der Waals surface area contributed by atoms with Crippen LogP contribution in [0.3, 0.4) is 0 Å². The molecule has 0 amide bonds. The predicted molar refractivity (Wildman–Crippen MR) is 115 cm³/mol. The van der Waals surface area contributed by atoms with Crippen molar-refractivity contribution >= 4 is 12.4 Å². The lowest BCUT2D eigenvalue weighted by molar-refractivity contribution is 0.529. The Hall–Kier alpha value is -0.560. The molecule has 0 unspecified atom stereocenters. The second-order valence-corrected chi connectivity index (χ2v) is 7.37. The summed E-state index contributed by atoms with van der Waals surface area (Å²) in [7, 11) is 0. The number of pyridine rings is 1. The Morgan fingerprint density at radius 2 is 1.04 bits per heavy atom. The zero-order valence-electron chi connectivity index (χ0n) is 16.7. The van der Waals surface area contributed by atoms with E-state index >= 15 is 0 Å². The highest BCUT2D eigenvalue weighted by atomic mass is 35.5. The van der Waals surface area contributed by atoms with Crippen LogP contribution in [0.25, 0.3) is 0 Å². The topological polar surface area (TPSA) is 12.9 Å². The maximum atomic E-state index is 4.39. The monoisotopic (exact) mass is 367 g/mol. The molecule has 0 fully saturated rings. The number of rotatable bonds is 17. The van der Waals surface area contributed by atoms with E-state index < -0.39 is 0 Å². The first-order chi connectivity index (χ1) is 11.9. The molecule has 1 rings (SSSR count). The fourth-order valence-electron chi connectivity index (χ4n) is 3.40. The van der Waals surface area contributed by atoms with Gasteiger partial charge in [-0.2, -0.15) is 0 Å². The van der Waals surface area contributed by atoms with Gasteiger partial charge in [0.2, 0.25) is 0 Å². The molecule has 0 aliphatic rings. The Morgan fingerprint density at radius 1 is 0.600 bits per heavy atom. The molecule has 2 heteroatoms. The van der Waals surface area contributed by atoms with E-state index in [9.17, 15) is 0 Å². The number of hydrogen-bond donors (Lipinski definition) is 0. The summed E-state index contributed by atoms with van der Waals surface area (Å²) in [5.74, 6) is 0. The molecule has 1 aromatic heterocycles. The number of halogens is 1. The van der Waals surface area contributed by atoms with E-state index in [0.717, 1.165) is 6.42 Å². The number of nitrogens with zero attached hydrogens (tertiary/aromatic N) is 1. The van der Waals surface area contributed by atoms with E-state index in [4.69, 9.17) is 0 Å². The molecule has 1 aromatic rings. The Morgan fingerprint density at radius 3 is 1.44 bits per heavy atom. The van der Waals surface area contributed by atoms with Gasteiger partial charge in [0.15, 0.2) is 0 Å². The third kappa shape index (κ3) is 16.6. The van der Waals surface area contributed by atoms with Gasteiger partial charge >= 0.3 is 0 Å². The van der Waals surface area contributed by atoms with Crippen molar-refractivity contribution in [3.8, 4) is 0 Å². The highest BCUT2D eigenvalue weighted by molar-refractivity contribution is 5.85. The summed E-state index contributed by atoms with van der Waals surface area (Å²) in [5.41, 5.74) is 1.25. The summed E-state index contributed by atoms with van der Waals surface area (Å²) in [6.07, 6.45) is 26.0. The quantitative estimate of drug-likeness (QED) is 0.252. The molecule has 0 N–H and O–H groups in total. The molecular weight excluding hydrogens is 326 g/mol. The number of aromatic nitrogens is 1. The van der Waals surface area contributed by atoms with Gasteiger partial charge in [-0.1, -0.05) is 109 Å². The van der Waals surface area contributed by atoms with Crippen LogP contribution < -0.4 is 0 Å². The predicted octanol–water partition coefficient (Wildman–Crippen LogP) is 8.31. The molecule has 1 nitrogen and oxygen atoms in total. The molecule has 0 spiro atoms. The molecule has 0 aromatic carbocycles. The van der Waals surface area contributed by atoms with Crippen LogP contribution in [-0.2, 0) is 6.42 Å². The molecule has 0 atom stereocenters. The van der Waals surface area contributed by atoms with Crippen LogP contribution in [0.5, 0.6) is 0 Å². The van der Waals surface area contributed by atoms with Crippen LogP contribution in [0.15, 0.2) is 24.4 Å². The van der Waals surface area contributed by atoms with E-state index in [-0.39, 0.29) is 12.4 Å². The van der Waals surface area contributed by atoms with E-state index in [1.54, 1.807) is 0 Å². The minimum atomic E-state index is 0. The van der Waals surface area contributed by atoms with Gasteiger partial charge in [-0.25, -0.2) is 0 Å². The van der Waals surface area contributed by atoms with Gasteiger partial charge in [-0.3, -0.25) is 4.98 Å². The summed E-state index contributed by atoms with van der Waals surface area (Å²) in [6, 6.07) is 6.23. The van der Waals surface area contributed by atoms with Gasteiger partial charge in [-0.15, -0.1) is 12.4 Å². The van der Waals surface area contributed by atoms with Crippen molar-refractivity contribution in [2.45, 2.75) is 116 Å². The van der Waals surface area contributed by atoms with E-state index in [1.807, 2.05) is 12.3 Å². The molecule has 25 heavy (non-hydrogen) atoms. The first-order valence-electron chi connectivity index (χ1n) is 10.8. The first kappa shape index (κ1) is 24.4. The average Bonchev–Trinajstić information content (AvgIpc) is 2.62. The van der Waals surface area contributed by atoms with Crippen LogP contribution in [0, 0.1) is 0 Å². The second-order valence-electron chi connectivity index (χ2n) is 7.37. The zero-order chi connectivity index (χ0) is 17.1. The fraction of sp³-hybridized carbons (Fsp3) is 0.783.